The van der Waals surface area contributed by atoms with Gasteiger partial charge in [-0.05, 0) is 0 Å². The van der Waals surface area contributed by atoms with E-state index in [-0.39, 0.29) is 21.1 Å². The summed E-state index contributed by atoms with van der Waals surface area (Å²) in [6.07, 6.45) is 4.82. The molecular formula is C7H15W-. The molecule has 0 aliphatic carbocycles. The third kappa shape index (κ3) is 9.85. The topological polar surface area (TPSA) is 0 Å². The molecule has 0 heterocycles. The molecule has 1 heteroatoms. The molecule has 0 saturated heterocycles. The van der Waals surface area contributed by atoms with Crippen molar-refractivity contribution >= 4 is 0 Å². The maximum Gasteiger partial charge on any atom is 0 e. The van der Waals surface area contributed by atoms with Crippen molar-refractivity contribution in [2.24, 2.45) is 5.92 Å². The maximum atomic E-state index is 2.32. The van der Waals surface area contributed by atoms with E-state index >= 15 is 0 Å². The fraction of sp³-hybridized carbons (Fsp3) is 0.857. The fourth-order valence-electron chi connectivity index (χ4n) is 0.500. The average Bonchev–Trinajstić information content (AvgIpc) is 1.61. The first kappa shape index (κ1) is 11.5. The van der Waals surface area contributed by atoms with Crippen molar-refractivity contribution in [2.45, 2.75) is 33.6 Å². The molecule has 0 radical (unpaired) electrons. The molecule has 0 aliphatic rings. The van der Waals surface area contributed by atoms with E-state index < -0.39 is 0 Å². The van der Waals surface area contributed by atoms with Gasteiger partial charge in [-0.1, -0.05) is 26.7 Å². The Kier molecular flexibility index (Phi) is 11.0. The monoisotopic (exact) mass is 283 g/mol. The van der Waals surface area contributed by atoms with Crippen LogP contribution in [-0.2, 0) is 21.1 Å². The van der Waals surface area contributed by atoms with Crippen molar-refractivity contribution in [3.63, 3.8) is 0 Å². The Morgan fingerprint density at radius 1 is 1.38 bits per heavy atom. The predicted octanol–water partition coefficient (Wildman–Crippen LogP) is 2.64. The minimum Gasteiger partial charge on any atom is -0.329 e. The molecule has 0 bridgehead atoms. The second-order valence-corrected chi connectivity index (χ2v) is 2.33. The summed E-state index contributed by atoms with van der Waals surface area (Å²) in [7, 11) is 0. The zero-order valence-electron chi connectivity index (χ0n) is 5.98. The summed E-state index contributed by atoms with van der Waals surface area (Å²) in [6, 6.07) is 0. The van der Waals surface area contributed by atoms with Crippen molar-refractivity contribution < 1.29 is 21.1 Å². The molecule has 50 valence electrons. The van der Waals surface area contributed by atoms with Gasteiger partial charge in [-0.25, -0.2) is 0 Å². The normalized spacial score (nSPS) is 9.00. The maximum absolute atomic E-state index is 2.32. The molecule has 0 N–H and O–H groups in total. The van der Waals surface area contributed by atoms with Crippen LogP contribution in [0, 0.1) is 12.3 Å². The Balaban J connectivity index is 0. The van der Waals surface area contributed by atoms with Gasteiger partial charge in [0.25, 0.3) is 0 Å². The third-order valence-corrected chi connectivity index (χ3v) is 0.927. The predicted molar refractivity (Wildman–Crippen MR) is 34.0 cm³/mol. The standard InChI is InChI=1S/C7H15.W/c1-4-5-6-7(2)3;/h5,7H,4,6H2,1-3H3;/q-1;. The van der Waals surface area contributed by atoms with Gasteiger partial charge in [-0.2, -0.15) is 12.8 Å². The van der Waals surface area contributed by atoms with Gasteiger partial charge in [-0.3, -0.25) is 0 Å². The second kappa shape index (κ2) is 7.69. The van der Waals surface area contributed by atoms with Gasteiger partial charge in [0, 0.05) is 21.1 Å². The minimum absolute atomic E-state index is 0. The average molecular weight is 283 g/mol. The summed E-state index contributed by atoms with van der Waals surface area (Å²) in [5.74, 6) is 0.847. The first-order chi connectivity index (χ1) is 3.27. The van der Waals surface area contributed by atoms with Crippen LogP contribution in [0.5, 0.6) is 0 Å². The molecule has 0 aliphatic heterocycles. The molecule has 0 amide bonds. The molecule has 0 aromatic carbocycles. The van der Waals surface area contributed by atoms with Crippen molar-refractivity contribution in [1.82, 2.24) is 0 Å². The van der Waals surface area contributed by atoms with Crippen molar-refractivity contribution in [1.29, 1.82) is 0 Å². The van der Waals surface area contributed by atoms with Gasteiger partial charge in [-0.15, -0.1) is 0 Å². The van der Waals surface area contributed by atoms with E-state index in [4.69, 9.17) is 0 Å². The summed E-state index contributed by atoms with van der Waals surface area (Å²) in [5.41, 5.74) is 0. The number of unbranched alkanes of at least 4 members (excludes halogenated alkanes) is 1. The Hall–Kier alpha value is 0.688. The van der Waals surface area contributed by atoms with Crippen LogP contribution in [0.4, 0.5) is 0 Å². The first-order valence-corrected chi connectivity index (χ1v) is 3.09. The second-order valence-electron chi connectivity index (χ2n) is 2.33. The summed E-state index contributed by atoms with van der Waals surface area (Å²) in [5, 5.41) is 0. The van der Waals surface area contributed by atoms with Gasteiger partial charge in [0.1, 0.15) is 0 Å². The Bertz CT molecular complexity index is 33.4. The third-order valence-electron chi connectivity index (χ3n) is 0.927. The zero-order chi connectivity index (χ0) is 5.70. The molecule has 0 rings (SSSR count). The zero-order valence-corrected chi connectivity index (χ0v) is 8.91. The van der Waals surface area contributed by atoms with Crippen LogP contribution < -0.4 is 0 Å². The Labute approximate surface area is 67.3 Å². The van der Waals surface area contributed by atoms with Crippen LogP contribution in [0.2, 0.25) is 0 Å². The number of hydrogen-bond acceptors (Lipinski definition) is 0. The van der Waals surface area contributed by atoms with Crippen LogP contribution in [0.15, 0.2) is 0 Å². The molecule has 0 saturated carbocycles. The smallest absolute Gasteiger partial charge is 0 e. The van der Waals surface area contributed by atoms with E-state index in [1.54, 1.807) is 0 Å². The number of rotatable bonds is 3. The van der Waals surface area contributed by atoms with E-state index in [0.717, 1.165) is 5.92 Å². The van der Waals surface area contributed by atoms with Gasteiger partial charge in [0.2, 0.25) is 0 Å². The molecule has 8 heavy (non-hydrogen) atoms. The molecule has 0 aromatic heterocycles. The van der Waals surface area contributed by atoms with Gasteiger partial charge in [0.05, 0.1) is 0 Å². The fourth-order valence-corrected chi connectivity index (χ4v) is 0.500. The number of hydrogen-bond donors (Lipinski definition) is 0. The molecule has 0 nitrogen and oxygen atoms in total. The summed E-state index contributed by atoms with van der Waals surface area (Å²) in [6.45, 7) is 6.67. The Morgan fingerprint density at radius 3 is 2.00 bits per heavy atom. The van der Waals surface area contributed by atoms with Crippen molar-refractivity contribution in [2.75, 3.05) is 0 Å². The van der Waals surface area contributed by atoms with Crippen LogP contribution >= 0.6 is 0 Å². The van der Waals surface area contributed by atoms with Gasteiger partial charge >= 0.3 is 0 Å². The van der Waals surface area contributed by atoms with Gasteiger partial charge < -0.3 is 6.42 Å². The minimum atomic E-state index is 0. The van der Waals surface area contributed by atoms with Crippen LogP contribution in [0.25, 0.3) is 0 Å². The van der Waals surface area contributed by atoms with Crippen molar-refractivity contribution in [3.05, 3.63) is 6.42 Å². The first-order valence-electron chi connectivity index (χ1n) is 3.09. The van der Waals surface area contributed by atoms with Gasteiger partial charge in [0.15, 0.2) is 0 Å². The van der Waals surface area contributed by atoms with E-state index in [9.17, 15) is 0 Å². The Morgan fingerprint density at radius 2 is 1.88 bits per heavy atom. The summed E-state index contributed by atoms with van der Waals surface area (Å²) >= 11 is 0. The molecule has 0 aromatic rings. The van der Waals surface area contributed by atoms with E-state index in [2.05, 4.69) is 27.2 Å². The van der Waals surface area contributed by atoms with Crippen LogP contribution in [0.3, 0.4) is 0 Å². The summed E-state index contributed by atoms with van der Waals surface area (Å²) < 4.78 is 0. The molecule has 0 spiro atoms. The summed E-state index contributed by atoms with van der Waals surface area (Å²) in [4.78, 5) is 0. The molecule has 0 atom stereocenters. The van der Waals surface area contributed by atoms with E-state index in [1.807, 2.05) is 0 Å². The largest absolute Gasteiger partial charge is 0.329 e. The van der Waals surface area contributed by atoms with Crippen LogP contribution in [0.1, 0.15) is 33.6 Å². The SMILES string of the molecule is CC[CH-]CC(C)C.[W]. The van der Waals surface area contributed by atoms with Crippen LogP contribution in [-0.4, -0.2) is 0 Å². The van der Waals surface area contributed by atoms with E-state index in [0.29, 0.717) is 0 Å². The molecular weight excluding hydrogens is 268 g/mol. The molecule has 0 fully saturated rings. The van der Waals surface area contributed by atoms with Crippen molar-refractivity contribution in [3.8, 4) is 0 Å². The van der Waals surface area contributed by atoms with E-state index in [1.165, 1.54) is 12.8 Å². The molecule has 0 unspecified atom stereocenters. The quantitative estimate of drug-likeness (QED) is 0.698.